The molecule has 190 valence electrons. The number of fused-ring (bicyclic) bond motifs is 1. The lowest BCUT2D eigenvalue weighted by Gasteiger charge is -2.20. The molecule has 1 aromatic carbocycles. The molecule has 35 heavy (non-hydrogen) atoms. The first kappa shape index (κ1) is 25.6. The van der Waals surface area contributed by atoms with Crippen LogP contribution < -0.4 is 15.4 Å². The van der Waals surface area contributed by atoms with E-state index in [1.807, 2.05) is 0 Å². The van der Waals surface area contributed by atoms with E-state index >= 15 is 0 Å². The van der Waals surface area contributed by atoms with Crippen LogP contribution in [0.2, 0.25) is 5.02 Å². The molecule has 0 atom stereocenters. The molecule has 0 bridgehead atoms. The summed E-state index contributed by atoms with van der Waals surface area (Å²) in [7, 11) is 0. The van der Waals surface area contributed by atoms with Gasteiger partial charge in [0.05, 0.1) is 10.7 Å². The Morgan fingerprint density at radius 2 is 2.11 bits per heavy atom. The molecule has 2 heterocycles. The standard InChI is InChI=1S/C25H32ClF2N5O2/c1-16(2)7-10-30-24-31-22(18-6-8-25(27,28)23(18)32-24)17-4-5-20(19(26)14-17)35-15-21(34)33-12-3-9-29-11-13-33/h4-5,14,16,29H,3,6-13,15H2,1-2H3,(H,30,31,32). The average molecular weight is 508 g/mol. The Hall–Kier alpha value is -2.52. The van der Waals surface area contributed by atoms with Crippen molar-refractivity contribution >= 4 is 23.5 Å². The topological polar surface area (TPSA) is 79.4 Å². The molecule has 2 aliphatic rings. The van der Waals surface area contributed by atoms with Crippen LogP contribution in [0, 0.1) is 5.92 Å². The van der Waals surface area contributed by atoms with E-state index in [-0.39, 0.29) is 37.0 Å². The molecule has 0 saturated carbocycles. The maximum absolute atomic E-state index is 14.6. The number of carbonyl (C=O) groups is 1. The molecule has 1 amide bonds. The molecule has 0 unspecified atom stereocenters. The Labute approximate surface area is 209 Å². The summed E-state index contributed by atoms with van der Waals surface area (Å²) in [5.41, 5.74) is 1.28. The van der Waals surface area contributed by atoms with Gasteiger partial charge in [-0.2, -0.15) is 8.78 Å². The maximum Gasteiger partial charge on any atom is 0.290 e. The fourth-order valence-electron chi connectivity index (χ4n) is 4.31. The Kier molecular flexibility index (Phi) is 8.06. The summed E-state index contributed by atoms with van der Waals surface area (Å²) in [6.45, 7) is 7.66. The van der Waals surface area contributed by atoms with E-state index in [1.165, 1.54) is 0 Å². The van der Waals surface area contributed by atoms with Gasteiger partial charge < -0.3 is 20.3 Å². The van der Waals surface area contributed by atoms with Crippen LogP contribution in [-0.2, 0) is 17.1 Å². The molecule has 1 aliphatic carbocycles. The molecule has 1 aliphatic heterocycles. The predicted molar refractivity (Wildman–Crippen MR) is 132 cm³/mol. The van der Waals surface area contributed by atoms with E-state index in [9.17, 15) is 13.6 Å². The normalized spacial score (nSPS) is 17.3. The zero-order chi connectivity index (χ0) is 25.0. The van der Waals surface area contributed by atoms with Crippen molar-refractivity contribution in [2.45, 2.75) is 45.5 Å². The van der Waals surface area contributed by atoms with E-state index in [0.717, 1.165) is 25.9 Å². The van der Waals surface area contributed by atoms with Gasteiger partial charge in [0, 0.05) is 43.7 Å². The molecule has 1 fully saturated rings. The third kappa shape index (κ3) is 6.19. The van der Waals surface area contributed by atoms with Crippen molar-refractivity contribution < 1.29 is 18.3 Å². The highest BCUT2D eigenvalue weighted by Crippen LogP contribution is 2.44. The highest BCUT2D eigenvalue weighted by molar-refractivity contribution is 6.32. The van der Waals surface area contributed by atoms with Gasteiger partial charge in [-0.15, -0.1) is 0 Å². The number of alkyl halides is 2. The van der Waals surface area contributed by atoms with Gasteiger partial charge >= 0.3 is 0 Å². The Bertz CT molecular complexity index is 1060. The van der Waals surface area contributed by atoms with Crippen LogP contribution in [0.25, 0.3) is 11.3 Å². The van der Waals surface area contributed by atoms with Gasteiger partial charge in [0.15, 0.2) is 6.61 Å². The first-order valence-corrected chi connectivity index (χ1v) is 12.6. The third-order valence-electron chi connectivity index (χ3n) is 6.30. The summed E-state index contributed by atoms with van der Waals surface area (Å²) in [5.74, 6) is -2.07. The molecule has 0 radical (unpaired) electrons. The monoisotopic (exact) mass is 507 g/mol. The van der Waals surface area contributed by atoms with Crippen LogP contribution in [0.15, 0.2) is 18.2 Å². The fourth-order valence-corrected chi connectivity index (χ4v) is 4.54. The van der Waals surface area contributed by atoms with E-state index < -0.39 is 5.92 Å². The van der Waals surface area contributed by atoms with Gasteiger partial charge in [0.1, 0.15) is 11.4 Å². The second-order valence-corrected chi connectivity index (χ2v) is 9.86. The predicted octanol–water partition coefficient (Wildman–Crippen LogP) is 4.49. The van der Waals surface area contributed by atoms with Gasteiger partial charge in [0.25, 0.3) is 11.8 Å². The molecule has 2 aromatic rings. The molecular weight excluding hydrogens is 476 g/mol. The number of amides is 1. The number of aromatic nitrogens is 2. The quantitative estimate of drug-likeness (QED) is 0.548. The Morgan fingerprint density at radius 1 is 1.29 bits per heavy atom. The van der Waals surface area contributed by atoms with Crippen LogP contribution in [0.5, 0.6) is 5.75 Å². The van der Waals surface area contributed by atoms with Crippen molar-refractivity contribution in [1.29, 1.82) is 0 Å². The second kappa shape index (κ2) is 11.0. The third-order valence-corrected chi connectivity index (χ3v) is 6.59. The summed E-state index contributed by atoms with van der Waals surface area (Å²) in [6.07, 6.45) is 1.68. The van der Waals surface area contributed by atoms with E-state index in [4.69, 9.17) is 16.3 Å². The molecule has 0 spiro atoms. The van der Waals surface area contributed by atoms with Crippen LogP contribution in [-0.4, -0.2) is 60.1 Å². The van der Waals surface area contributed by atoms with Gasteiger partial charge in [-0.25, -0.2) is 9.97 Å². The number of nitrogens with zero attached hydrogens (tertiary/aromatic N) is 3. The smallest absolute Gasteiger partial charge is 0.290 e. The van der Waals surface area contributed by atoms with Crippen molar-refractivity contribution in [3.63, 3.8) is 0 Å². The van der Waals surface area contributed by atoms with Crippen molar-refractivity contribution in [1.82, 2.24) is 20.2 Å². The molecule has 1 saturated heterocycles. The minimum Gasteiger partial charge on any atom is -0.482 e. The van der Waals surface area contributed by atoms with Crippen molar-refractivity contribution in [3.8, 4) is 17.0 Å². The minimum absolute atomic E-state index is 0.0955. The summed E-state index contributed by atoms with van der Waals surface area (Å²) in [4.78, 5) is 23.0. The van der Waals surface area contributed by atoms with Crippen LogP contribution in [0.3, 0.4) is 0 Å². The number of anilines is 1. The average Bonchev–Trinajstić information content (AvgIpc) is 2.98. The van der Waals surface area contributed by atoms with E-state index in [1.54, 1.807) is 23.1 Å². The lowest BCUT2D eigenvalue weighted by molar-refractivity contribution is -0.133. The molecule has 7 nitrogen and oxygen atoms in total. The van der Waals surface area contributed by atoms with Gasteiger partial charge in [-0.05, 0) is 49.9 Å². The van der Waals surface area contributed by atoms with Crippen molar-refractivity contribution in [2.75, 3.05) is 44.6 Å². The number of hydrogen-bond acceptors (Lipinski definition) is 6. The summed E-state index contributed by atoms with van der Waals surface area (Å²) in [6, 6.07) is 5.04. The number of carbonyl (C=O) groups excluding carboxylic acids is 1. The minimum atomic E-state index is -2.99. The van der Waals surface area contributed by atoms with Crippen LogP contribution in [0.4, 0.5) is 14.7 Å². The largest absolute Gasteiger partial charge is 0.482 e. The number of halogens is 3. The number of hydrogen-bond donors (Lipinski definition) is 2. The van der Waals surface area contributed by atoms with Gasteiger partial charge in [-0.3, -0.25) is 4.79 Å². The first-order valence-electron chi connectivity index (χ1n) is 12.2. The van der Waals surface area contributed by atoms with Crippen molar-refractivity contribution in [2.24, 2.45) is 5.92 Å². The Balaban J connectivity index is 1.53. The fraction of sp³-hybridized carbons (Fsp3) is 0.560. The molecular formula is C25H32ClF2N5O2. The summed E-state index contributed by atoms with van der Waals surface area (Å²) < 4.78 is 34.8. The van der Waals surface area contributed by atoms with Gasteiger partial charge in [-0.1, -0.05) is 25.4 Å². The summed E-state index contributed by atoms with van der Waals surface area (Å²) >= 11 is 6.47. The van der Waals surface area contributed by atoms with Crippen LogP contribution >= 0.6 is 11.6 Å². The number of nitrogens with one attached hydrogen (secondary N) is 2. The summed E-state index contributed by atoms with van der Waals surface area (Å²) in [5, 5.41) is 6.64. The van der Waals surface area contributed by atoms with Crippen molar-refractivity contribution in [3.05, 3.63) is 34.5 Å². The first-order chi connectivity index (χ1) is 16.7. The molecule has 10 heteroatoms. The maximum atomic E-state index is 14.6. The second-order valence-electron chi connectivity index (χ2n) is 9.45. The van der Waals surface area contributed by atoms with Crippen LogP contribution in [0.1, 0.15) is 44.4 Å². The zero-order valence-electron chi connectivity index (χ0n) is 20.2. The lowest BCUT2D eigenvalue weighted by Crippen LogP contribution is -2.37. The number of benzene rings is 1. The molecule has 2 N–H and O–H groups in total. The Morgan fingerprint density at radius 3 is 2.89 bits per heavy atom. The SMILES string of the molecule is CC(C)CCNc1nc(-c2ccc(OCC(=O)N3CCCNCC3)c(Cl)c2)c2c(n1)C(F)(F)CC2. The highest BCUT2D eigenvalue weighted by Gasteiger charge is 2.43. The number of rotatable bonds is 8. The lowest BCUT2D eigenvalue weighted by atomic mass is 10.0. The molecule has 1 aromatic heterocycles. The van der Waals surface area contributed by atoms with E-state index in [2.05, 4.69) is 34.4 Å². The van der Waals surface area contributed by atoms with E-state index in [0.29, 0.717) is 53.1 Å². The van der Waals surface area contributed by atoms with Gasteiger partial charge in [0.2, 0.25) is 5.95 Å². The molecule has 4 rings (SSSR count). The zero-order valence-corrected chi connectivity index (χ0v) is 20.9. The number of ether oxygens (including phenoxy) is 1. The highest BCUT2D eigenvalue weighted by atomic mass is 35.5.